The minimum Gasteiger partial charge on any atom is -0.497 e. The molecule has 1 N–H and O–H groups in total. The summed E-state index contributed by atoms with van der Waals surface area (Å²) in [5.74, 6) is 1.01. The predicted molar refractivity (Wildman–Crippen MR) is 78.0 cm³/mol. The zero-order chi connectivity index (χ0) is 14.3. The zero-order valence-electron chi connectivity index (χ0n) is 12.1. The smallest absolute Gasteiger partial charge is 0.144 e. The molecule has 106 valence electrons. The number of nitrogens with zero attached hydrogens (tertiary/aromatic N) is 1. The number of benzene rings is 1. The van der Waals surface area contributed by atoms with Crippen molar-refractivity contribution >= 4 is 11.5 Å². The van der Waals surface area contributed by atoms with Gasteiger partial charge in [-0.3, -0.25) is 4.79 Å². The minimum absolute atomic E-state index is 0.0656. The first-order chi connectivity index (χ1) is 9.50. The van der Waals surface area contributed by atoms with Crippen LogP contribution in [0.4, 0.5) is 0 Å². The molecule has 4 heteroatoms. The third-order valence-corrected chi connectivity index (χ3v) is 4.21. The predicted octanol–water partition coefficient (Wildman–Crippen LogP) is 2.38. The van der Waals surface area contributed by atoms with E-state index in [4.69, 9.17) is 4.74 Å². The quantitative estimate of drug-likeness (QED) is 0.899. The van der Waals surface area contributed by atoms with E-state index in [-0.39, 0.29) is 17.4 Å². The van der Waals surface area contributed by atoms with Crippen LogP contribution in [0.1, 0.15) is 32.3 Å². The molecule has 1 saturated carbocycles. The van der Waals surface area contributed by atoms with Crippen LogP contribution in [0.25, 0.3) is 0 Å². The Morgan fingerprint density at radius 2 is 2.00 bits per heavy atom. The lowest BCUT2D eigenvalue weighted by Gasteiger charge is -2.36. The van der Waals surface area contributed by atoms with Crippen molar-refractivity contribution in [1.82, 2.24) is 5.43 Å². The number of carbonyl (C=O) groups is 1. The SMILES string of the molecule is COc1ccc(C2=NNC3CC(C)(C)CC(=O)C23)cc1. The van der Waals surface area contributed by atoms with Crippen LogP contribution in [0.15, 0.2) is 29.4 Å². The molecule has 0 aromatic heterocycles. The van der Waals surface area contributed by atoms with Gasteiger partial charge in [-0.25, -0.2) is 0 Å². The summed E-state index contributed by atoms with van der Waals surface area (Å²) in [4.78, 5) is 12.5. The first-order valence-corrected chi connectivity index (χ1v) is 7.00. The number of ether oxygens (including phenoxy) is 1. The largest absolute Gasteiger partial charge is 0.497 e. The lowest BCUT2D eigenvalue weighted by Crippen LogP contribution is -2.45. The fourth-order valence-electron chi connectivity index (χ4n) is 3.28. The molecule has 0 saturated heterocycles. The normalized spacial score (nSPS) is 27.6. The molecule has 2 aliphatic rings. The summed E-state index contributed by atoms with van der Waals surface area (Å²) in [6.45, 7) is 4.29. The van der Waals surface area contributed by atoms with Crippen molar-refractivity contribution in [3.8, 4) is 5.75 Å². The molecule has 1 aliphatic carbocycles. The topological polar surface area (TPSA) is 50.7 Å². The van der Waals surface area contributed by atoms with Crippen molar-refractivity contribution in [2.45, 2.75) is 32.7 Å². The number of fused-ring (bicyclic) bond motifs is 1. The van der Waals surface area contributed by atoms with Crippen molar-refractivity contribution in [2.24, 2.45) is 16.4 Å². The van der Waals surface area contributed by atoms with E-state index in [2.05, 4.69) is 24.4 Å². The molecule has 1 aromatic carbocycles. The molecule has 1 heterocycles. The van der Waals surface area contributed by atoms with E-state index in [0.717, 1.165) is 23.4 Å². The number of rotatable bonds is 2. The van der Waals surface area contributed by atoms with Gasteiger partial charge in [0.05, 0.1) is 24.8 Å². The number of hydrogen-bond donors (Lipinski definition) is 1. The van der Waals surface area contributed by atoms with Crippen LogP contribution >= 0.6 is 0 Å². The molecule has 0 amide bonds. The van der Waals surface area contributed by atoms with Crippen LogP contribution in [0.5, 0.6) is 5.75 Å². The van der Waals surface area contributed by atoms with E-state index in [1.165, 1.54) is 0 Å². The van der Waals surface area contributed by atoms with E-state index in [9.17, 15) is 4.79 Å². The third-order valence-electron chi connectivity index (χ3n) is 4.21. The van der Waals surface area contributed by atoms with Crippen LogP contribution in [0.3, 0.4) is 0 Å². The van der Waals surface area contributed by atoms with Gasteiger partial charge in [0.1, 0.15) is 11.5 Å². The minimum atomic E-state index is -0.101. The van der Waals surface area contributed by atoms with Gasteiger partial charge in [0, 0.05) is 6.42 Å². The second kappa shape index (κ2) is 4.62. The molecule has 4 nitrogen and oxygen atoms in total. The molecular weight excluding hydrogens is 252 g/mol. The van der Waals surface area contributed by atoms with Crippen LogP contribution in [0.2, 0.25) is 0 Å². The number of hydrogen-bond acceptors (Lipinski definition) is 4. The second-order valence-corrected chi connectivity index (χ2v) is 6.45. The van der Waals surface area contributed by atoms with Gasteiger partial charge in [0.15, 0.2) is 0 Å². The molecule has 0 bridgehead atoms. The number of nitrogens with one attached hydrogen (secondary N) is 1. The highest BCUT2D eigenvalue weighted by Gasteiger charge is 2.46. The summed E-state index contributed by atoms with van der Waals surface area (Å²) < 4.78 is 5.16. The van der Waals surface area contributed by atoms with E-state index >= 15 is 0 Å². The van der Waals surface area contributed by atoms with Crippen molar-refractivity contribution in [1.29, 1.82) is 0 Å². The summed E-state index contributed by atoms with van der Waals surface area (Å²) in [6.07, 6.45) is 1.61. The van der Waals surface area contributed by atoms with Crippen molar-refractivity contribution < 1.29 is 9.53 Å². The Morgan fingerprint density at radius 3 is 2.65 bits per heavy atom. The van der Waals surface area contributed by atoms with E-state index in [0.29, 0.717) is 12.2 Å². The average Bonchev–Trinajstić information content (AvgIpc) is 2.81. The first kappa shape index (κ1) is 13.2. The summed E-state index contributed by atoms with van der Waals surface area (Å²) in [5.41, 5.74) is 5.10. The summed E-state index contributed by atoms with van der Waals surface area (Å²) >= 11 is 0. The number of ketones is 1. The standard InChI is InChI=1S/C16H20N2O2/c1-16(2)8-12-14(13(19)9-16)15(18-17-12)10-4-6-11(20-3)7-5-10/h4-7,12,14,17H,8-9H2,1-3H3. The summed E-state index contributed by atoms with van der Waals surface area (Å²) in [6, 6.07) is 7.89. The van der Waals surface area contributed by atoms with Crippen molar-refractivity contribution in [3.63, 3.8) is 0 Å². The lowest BCUT2D eigenvalue weighted by molar-refractivity contribution is -0.126. The van der Waals surface area contributed by atoms with Gasteiger partial charge in [0.25, 0.3) is 0 Å². The number of Topliss-reactive ketones (excluding diaryl/α,β-unsaturated/α-hetero) is 1. The second-order valence-electron chi connectivity index (χ2n) is 6.45. The van der Waals surface area contributed by atoms with Gasteiger partial charge >= 0.3 is 0 Å². The highest BCUT2D eigenvalue weighted by molar-refractivity contribution is 6.15. The van der Waals surface area contributed by atoms with Crippen LogP contribution in [-0.2, 0) is 4.79 Å². The average molecular weight is 272 g/mol. The Hall–Kier alpha value is -1.84. The molecule has 0 spiro atoms. The fourth-order valence-corrected chi connectivity index (χ4v) is 3.28. The van der Waals surface area contributed by atoms with Crippen molar-refractivity contribution in [3.05, 3.63) is 29.8 Å². The summed E-state index contributed by atoms with van der Waals surface area (Å²) in [5, 5.41) is 4.43. The van der Waals surface area contributed by atoms with Gasteiger partial charge < -0.3 is 10.2 Å². The number of methoxy groups -OCH3 is 1. The Labute approximate surface area is 119 Å². The Balaban J connectivity index is 1.87. The maximum absolute atomic E-state index is 12.5. The van der Waals surface area contributed by atoms with Crippen LogP contribution in [0, 0.1) is 11.3 Å². The highest BCUT2D eigenvalue weighted by Crippen LogP contribution is 2.39. The van der Waals surface area contributed by atoms with E-state index < -0.39 is 0 Å². The highest BCUT2D eigenvalue weighted by atomic mass is 16.5. The van der Waals surface area contributed by atoms with Gasteiger partial charge in [-0.05, 0) is 41.7 Å². The molecule has 1 aromatic rings. The lowest BCUT2D eigenvalue weighted by atomic mass is 9.68. The van der Waals surface area contributed by atoms with Crippen LogP contribution < -0.4 is 10.2 Å². The zero-order valence-corrected chi connectivity index (χ0v) is 12.1. The number of hydrazone groups is 1. The maximum atomic E-state index is 12.5. The third kappa shape index (κ3) is 2.19. The molecule has 20 heavy (non-hydrogen) atoms. The molecule has 0 radical (unpaired) electrons. The molecule has 2 atom stereocenters. The Bertz CT molecular complexity index is 560. The Morgan fingerprint density at radius 1 is 1.30 bits per heavy atom. The van der Waals surface area contributed by atoms with Gasteiger partial charge in [0.2, 0.25) is 0 Å². The van der Waals surface area contributed by atoms with E-state index in [1.54, 1.807) is 7.11 Å². The summed E-state index contributed by atoms with van der Waals surface area (Å²) in [7, 11) is 1.65. The van der Waals surface area contributed by atoms with Gasteiger partial charge in [-0.15, -0.1) is 0 Å². The molecular formula is C16H20N2O2. The molecule has 1 aliphatic heterocycles. The molecule has 2 unspecified atom stereocenters. The molecule has 1 fully saturated rings. The fraction of sp³-hybridized carbons (Fsp3) is 0.500. The van der Waals surface area contributed by atoms with E-state index in [1.807, 2.05) is 24.3 Å². The van der Waals surface area contributed by atoms with Crippen molar-refractivity contribution in [2.75, 3.05) is 7.11 Å². The monoisotopic (exact) mass is 272 g/mol. The van der Waals surface area contributed by atoms with Gasteiger partial charge in [-0.2, -0.15) is 5.10 Å². The molecule has 3 rings (SSSR count). The maximum Gasteiger partial charge on any atom is 0.144 e. The number of carbonyl (C=O) groups excluding carboxylic acids is 1. The first-order valence-electron chi connectivity index (χ1n) is 7.00. The van der Waals surface area contributed by atoms with Crippen LogP contribution in [-0.4, -0.2) is 24.6 Å². The van der Waals surface area contributed by atoms with Gasteiger partial charge in [-0.1, -0.05) is 13.8 Å². The Kier molecular flexibility index (Phi) is 3.04.